The number of para-hydroxylation sites is 1. The summed E-state index contributed by atoms with van der Waals surface area (Å²) in [5.74, 6) is -0.192. The zero-order valence-corrected chi connectivity index (χ0v) is 16.5. The van der Waals surface area contributed by atoms with Gasteiger partial charge in [0.05, 0.1) is 11.9 Å². The molecule has 0 aliphatic rings. The third-order valence-corrected chi connectivity index (χ3v) is 5.38. The summed E-state index contributed by atoms with van der Waals surface area (Å²) in [5, 5.41) is 2.82. The van der Waals surface area contributed by atoms with Crippen molar-refractivity contribution < 1.29 is 13.2 Å². The van der Waals surface area contributed by atoms with Crippen LogP contribution in [-0.2, 0) is 21.4 Å². The molecule has 0 fully saturated rings. The maximum absolute atomic E-state index is 12.4. The van der Waals surface area contributed by atoms with Crippen LogP contribution in [-0.4, -0.2) is 27.1 Å². The second kappa shape index (κ2) is 8.36. The first kappa shape index (κ1) is 20.0. The molecule has 1 amide bonds. The number of rotatable bonds is 7. The highest BCUT2D eigenvalue weighted by atomic mass is 32.2. The zero-order valence-electron chi connectivity index (χ0n) is 15.7. The van der Waals surface area contributed by atoms with Crippen molar-refractivity contribution in [2.24, 2.45) is 0 Å². The minimum Gasteiger partial charge on any atom is -0.350 e. The lowest BCUT2D eigenvalue weighted by Gasteiger charge is -2.25. The van der Waals surface area contributed by atoms with Gasteiger partial charge >= 0.3 is 0 Å². The largest absolute Gasteiger partial charge is 0.350 e. The van der Waals surface area contributed by atoms with E-state index < -0.39 is 10.0 Å². The summed E-state index contributed by atoms with van der Waals surface area (Å²) in [6.07, 6.45) is 1.12. The van der Waals surface area contributed by atoms with Gasteiger partial charge in [-0.3, -0.25) is 9.10 Å². The smallest absolute Gasteiger partial charge is 0.241 e. The Labute approximate surface area is 156 Å². The molecule has 0 saturated heterocycles. The SMILES string of the molecule is Cc1ccccc1CNC(=O)CN(c1ccccc1C(C)C)S(C)(=O)=O. The average Bonchev–Trinajstić information content (AvgIpc) is 2.58. The Morgan fingerprint density at radius 3 is 2.31 bits per heavy atom. The van der Waals surface area contributed by atoms with Crippen molar-refractivity contribution in [3.63, 3.8) is 0 Å². The van der Waals surface area contributed by atoms with Gasteiger partial charge in [-0.05, 0) is 35.6 Å². The molecule has 140 valence electrons. The van der Waals surface area contributed by atoms with Crippen molar-refractivity contribution in [1.29, 1.82) is 0 Å². The highest BCUT2D eigenvalue weighted by Crippen LogP contribution is 2.28. The maximum Gasteiger partial charge on any atom is 0.241 e. The quantitative estimate of drug-likeness (QED) is 0.809. The normalized spacial score (nSPS) is 11.4. The van der Waals surface area contributed by atoms with Gasteiger partial charge in [-0.15, -0.1) is 0 Å². The van der Waals surface area contributed by atoms with Gasteiger partial charge < -0.3 is 5.32 Å². The second-order valence-electron chi connectivity index (χ2n) is 6.69. The van der Waals surface area contributed by atoms with Crippen LogP contribution in [0.5, 0.6) is 0 Å². The van der Waals surface area contributed by atoms with Gasteiger partial charge in [-0.25, -0.2) is 8.42 Å². The average molecular weight is 375 g/mol. The Morgan fingerprint density at radius 2 is 1.69 bits per heavy atom. The van der Waals surface area contributed by atoms with Crippen molar-refractivity contribution in [3.05, 3.63) is 65.2 Å². The minimum absolute atomic E-state index is 0.144. The molecule has 0 unspecified atom stereocenters. The van der Waals surface area contributed by atoms with Crippen LogP contribution >= 0.6 is 0 Å². The first-order valence-electron chi connectivity index (χ1n) is 8.58. The van der Waals surface area contributed by atoms with Gasteiger partial charge in [0, 0.05) is 6.54 Å². The zero-order chi connectivity index (χ0) is 19.3. The number of carbonyl (C=O) groups is 1. The molecule has 0 aliphatic carbocycles. The Hall–Kier alpha value is -2.34. The van der Waals surface area contributed by atoms with Crippen LogP contribution in [0.25, 0.3) is 0 Å². The van der Waals surface area contributed by atoms with Crippen molar-refractivity contribution in [3.8, 4) is 0 Å². The van der Waals surface area contributed by atoms with Gasteiger partial charge in [0.15, 0.2) is 0 Å². The van der Waals surface area contributed by atoms with Gasteiger partial charge in [0.1, 0.15) is 6.54 Å². The molecule has 1 N–H and O–H groups in total. The van der Waals surface area contributed by atoms with E-state index in [9.17, 15) is 13.2 Å². The van der Waals surface area contributed by atoms with E-state index >= 15 is 0 Å². The number of hydrogen-bond donors (Lipinski definition) is 1. The molecule has 0 heterocycles. The lowest BCUT2D eigenvalue weighted by atomic mass is 10.0. The van der Waals surface area contributed by atoms with E-state index in [1.54, 1.807) is 12.1 Å². The van der Waals surface area contributed by atoms with Gasteiger partial charge in [0.2, 0.25) is 15.9 Å². The van der Waals surface area contributed by atoms with E-state index in [-0.39, 0.29) is 18.4 Å². The van der Waals surface area contributed by atoms with E-state index in [1.165, 1.54) is 4.31 Å². The predicted molar refractivity (Wildman–Crippen MR) is 106 cm³/mol. The number of anilines is 1. The summed E-state index contributed by atoms with van der Waals surface area (Å²) in [5.41, 5.74) is 3.54. The van der Waals surface area contributed by atoms with Gasteiger partial charge in [0.25, 0.3) is 0 Å². The summed E-state index contributed by atoms with van der Waals surface area (Å²) in [6.45, 7) is 6.10. The number of sulfonamides is 1. The van der Waals surface area contributed by atoms with Crippen LogP contribution in [0.3, 0.4) is 0 Å². The van der Waals surface area contributed by atoms with Crippen molar-refractivity contribution in [2.75, 3.05) is 17.1 Å². The fourth-order valence-electron chi connectivity index (χ4n) is 2.77. The minimum atomic E-state index is -3.59. The molecule has 2 aromatic rings. The molecule has 0 aliphatic heterocycles. The van der Waals surface area contributed by atoms with Crippen LogP contribution in [0, 0.1) is 6.92 Å². The van der Waals surface area contributed by atoms with Gasteiger partial charge in [-0.1, -0.05) is 56.3 Å². The number of benzene rings is 2. The molecular weight excluding hydrogens is 348 g/mol. The summed E-state index contributed by atoms with van der Waals surface area (Å²) in [4.78, 5) is 12.4. The third-order valence-electron chi connectivity index (χ3n) is 4.25. The van der Waals surface area contributed by atoms with E-state index in [0.717, 1.165) is 22.9 Å². The Balaban J connectivity index is 2.19. The Kier molecular flexibility index (Phi) is 6.42. The molecule has 6 heteroatoms. The van der Waals surface area contributed by atoms with Gasteiger partial charge in [-0.2, -0.15) is 0 Å². The second-order valence-corrected chi connectivity index (χ2v) is 8.59. The first-order chi connectivity index (χ1) is 12.2. The highest BCUT2D eigenvalue weighted by Gasteiger charge is 2.23. The van der Waals surface area contributed by atoms with Crippen LogP contribution in [0.2, 0.25) is 0 Å². The fraction of sp³-hybridized carbons (Fsp3) is 0.350. The highest BCUT2D eigenvalue weighted by molar-refractivity contribution is 7.92. The maximum atomic E-state index is 12.4. The molecule has 0 saturated carbocycles. The summed E-state index contributed by atoms with van der Waals surface area (Å²) < 4.78 is 25.8. The molecule has 5 nitrogen and oxygen atoms in total. The standard InChI is InChI=1S/C20H26N2O3S/c1-15(2)18-11-7-8-12-19(18)22(26(4,24)25)14-20(23)21-13-17-10-6-5-9-16(17)3/h5-12,15H,13-14H2,1-4H3,(H,21,23). The fourth-order valence-corrected chi connectivity index (χ4v) is 3.65. The lowest BCUT2D eigenvalue weighted by molar-refractivity contribution is -0.119. The van der Waals surface area contributed by atoms with E-state index in [2.05, 4.69) is 5.32 Å². The summed E-state index contributed by atoms with van der Waals surface area (Å²) >= 11 is 0. The molecule has 0 radical (unpaired) electrons. The topological polar surface area (TPSA) is 66.5 Å². The van der Waals surface area contributed by atoms with Crippen LogP contribution in [0.4, 0.5) is 5.69 Å². The third kappa shape index (κ3) is 5.08. The Morgan fingerprint density at radius 1 is 1.08 bits per heavy atom. The number of amides is 1. The van der Waals surface area contributed by atoms with Crippen molar-refractivity contribution in [2.45, 2.75) is 33.2 Å². The monoisotopic (exact) mass is 374 g/mol. The molecule has 0 aromatic heterocycles. The van der Waals surface area contributed by atoms with Crippen molar-refractivity contribution >= 4 is 21.6 Å². The Bertz CT molecular complexity index is 876. The lowest BCUT2D eigenvalue weighted by Crippen LogP contribution is -2.40. The van der Waals surface area contributed by atoms with Crippen molar-refractivity contribution in [1.82, 2.24) is 5.32 Å². The molecule has 2 rings (SSSR count). The molecule has 0 bridgehead atoms. The number of nitrogens with one attached hydrogen (secondary N) is 1. The molecule has 0 spiro atoms. The number of carbonyl (C=O) groups excluding carboxylic acids is 1. The van der Waals surface area contributed by atoms with Crippen LogP contribution < -0.4 is 9.62 Å². The molecule has 2 aromatic carbocycles. The van der Waals surface area contributed by atoms with E-state index in [0.29, 0.717) is 12.2 Å². The molecule has 26 heavy (non-hydrogen) atoms. The van der Waals surface area contributed by atoms with E-state index in [4.69, 9.17) is 0 Å². The van der Waals surface area contributed by atoms with Crippen LogP contribution in [0.15, 0.2) is 48.5 Å². The number of hydrogen-bond acceptors (Lipinski definition) is 3. The predicted octanol–water partition coefficient (Wildman–Crippen LogP) is 3.20. The summed E-state index contributed by atoms with van der Waals surface area (Å²) in [7, 11) is -3.59. The van der Waals surface area contributed by atoms with E-state index in [1.807, 2.05) is 57.2 Å². The molecule has 0 atom stereocenters. The number of nitrogens with zero attached hydrogens (tertiary/aromatic N) is 1. The number of aryl methyl sites for hydroxylation is 1. The van der Waals surface area contributed by atoms with Crippen LogP contribution in [0.1, 0.15) is 36.5 Å². The first-order valence-corrected chi connectivity index (χ1v) is 10.4. The molecular formula is C20H26N2O3S. The summed E-state index contributed by atoms with van der Waals surface area (Å²) in [6, 6.07) is 15.1.